The van der Waals surface area contributed by atoms with E-state index in [9.17, 15) is 4.79 Å². The van der Waals surface area contributed by atoms with Crippen LogP contribution >= 0.6 is 0 Å². The molecule has 4 heteroatoms. The van der Waals surface area contributed by atoms with Crippen molar-refractivity contribution in [2.75, 3.05) is 6.61 Å². The Morgan fingerprint density at radius 1 is 1.24 bits per heavy atom. The van der Waals surface area contributed by atoms with E-state index in [1.807, 2.05) is 57.2 Å². The van der Waals surface area contributed by atoms with Crippen molar-refractivity contribution in [3.8, 4) is 17.0 Å². The summed E-state index contributed by atoms with van der Waals surface area (Å²) in [5.74, 6) is 0.806. The topological polar surface area (TPSA) is 57.2 Å². The molecule has 4 nitrogen and oxygen atoms in total. The highest BCUT2D eigenvalue weighted by Gasteiger charge is 2.12. The van der Waals surface area contributed by atoms with Crippen molar-refractivity contribution < 1.29 is 4.74 Å². The average Bonchev–Trinajstić information content (AvgIpc) is 2.47. The molecule has 0 amide bonds. The fraction of sp³-hybridized carbons (Fsp3) is 0.353. The molecule has 21 heavy (non-hydrogen) atoms. The van der Waals surface area contributed by atoms with Crippen LogP contribution in [-0.2, 0) is 6.54 Å². The molecule has 0 aliphatic rings. The molecule has 0 bridgehead atoms. The van der Waals surface area contributed by atoms with Crippen molar-refractivity contribution in [3.05, 3.63) is 52.3 Å². The number of nitrogens with two attached hydrogens (primary N) is 1. The van der Waals surface area contributed by atoms with E-state index in [2.05, 4.69) is 0 Å². The van der Waals surface area contributed by atoms with Gasteiger partial charge in [-0.2, -0.15) is 0 Å². The van der Waals surface area contributed by atoms with Gasteiger partial charge in [0.25, 0.3) is 5.56 Å². The Kier molecular flexibility index (Phi) is 4.81. The molecule has 1 aromatic carbocycles. The molecule has 112 valence electrons. The van der Waals surface area contributed by atoms with Crippen molar-refractivity contribution >= 4 is 0 Å². The van der Waals surface area contributed by atoms with E-state index in [1.165, 1.54) is 0 Å². The van der Waals surface area contributed by atoms with E-state index in [4.69, 9.17) is 10.5 Å². The van der Waals surface area contributed by atoms with Crippen molar-refractivity contribution in [3.63, 3.8) is 0 Å². The molecule has 1 aromatic heterocycles. The van der Waals surface area contributed by atoms with E-state index in [0.717, 1.165) is 17.0 Å². The summed E-state index contributed by atoms with van der Waals surface area (Å²) in [6.45, 7) is 6.82. The molecule has 0 spiro atoms. The maximum atomic E-state index is 12.5. The minimum atomic E-state index is -0.0215. The van der Waals surface area contributed by atoms with Gasteiger partial charge in [-0.15, -0.1) is 0 Å². The molecule has 2 aromatic rings. The van der Waals surface area contributed by atoms with Crippen LogP contribution in [0.4, 0.5) is 0 Å². The second-order valence-electron chi connectivity index (χ2n) is 5.18. The third kappa shape index (κ3) is 3.16. The smallest absolute Gasteiger partial charge is 0.255 e. The standard InChI is InChI=1S/C17H22N2O2/c1-4-21-15-7-5-6-13(10-15)16-9-8-14(11-18)17(20)19(16)12(2)3/h5-10,12H,4,11,18H2,1-3H3. The quantitative estimate of drug-likeness (QED) is 0.919. The Morgan fingerprint density at radius 2 is 2.00 bits per heavy atom. The van der Waals surface area contributed by atoms with Gasteiger partial charge in [0.1, 0.15) is 5.75 Å². The number of rotatable bonds is 5. The first-order chi connectivity index (χ1) is 10.1. The number of hydrogen-bond acceptors (Lipinski definition) is 3. The van der Waals surface area contributed by atoms with Gasteiger partial charge in [-0.05, 0) is 39.0 Å². The molecule has 0 aliphatic carbocycles. The summed E-state index contributed by atoms with van der Waals surface area (Å²) in [6.07, 6.45) is 0. The number of nitrogens with zero attached hydrogens (tertiary/aromatic N) is 1. The van der Waals surface area contributed by atoms with Crippen molar-refractivity contribution in [2.45, 2.75) is 33.4 Å². The molecule has 0 saturated carbocycles. The van der Waals surface area contributed by atoms with Crippen LogP contribution in [0, 0.1) is 0 Å². The Morgan fingerprint density at radius 3 is 2.62 bits per heavy atom. The predicted octanol–water partition coefficient (Wildman–Crippen LogP) is 2.95. The highest BCUT2D eigenvalue weighted by atomic mass is 16.5. The van der Waals surface area contributed by atoms with Gasteiger partial charge in [0, 0.05) is 23.7 Å². The molecule has 0 radical (unpaired) electrons. The third-order valence-electron chi connectivity index (χ3n) is 3.37. The summed E-state index contributed by atoms with van der Waals surface area (Å²) in [6, 6.07) is 11.6. The van der Waals surface area contributed by atoms with Crippen LogP contribution in [0.25, 0.3) is 11.3 Å². The molecule has 2 rings (SSSR count). The highest BCUT2D eigenvalue weighted by molar-refractivity contribution is 5.62. The lowest BCUT2D eigenvalue weighted by molar-refractivity contribution is 0.340. The molecule has 0 aliphatic heterocycles. The summed E-state index contributed by atoms with van der Waals surface area (Å²) in [7, 11) is 0. The van der Waals surface area contributed by atoms with Crippen LogP contribution in [0.2, 0.25) is 0 Å². The van der Waals surface area contributed by atoms with Gasteiger partial charge in [-0.3, -0.25) is 4.79 Å². The molecular weight excluding hydrogens is 264 g/mol. The summed E-state index contributed by atoms with van der Waals surface area (Å²) >= 11 is 0. The lowest BCUT2D eigenvalue weighted by Crippen LogP contribution is -2.27. The largest absolute Gasteiger partial charge is 0.494 e. The van der Waals surface area contributed by atoms with E-state index in [-0.39, 0.29) is 18.1 Å². The van der Waals surface area contributed by atoms with E-state index in [1.54, 1.807) is 4.57 Å². The minimum absolute atomic E-state index is 0.0215. The zero-order valence-electron chi connectivity index (χ0n) is 12.8. The minimum Gasteiger partial charge on any atom is -0.494 e. The lowest BCUT2D eigenvalue weighted by Gasteiger charge is -2.18. The van der Waals surface area contributed by atoms with Crippen molar-refractivity contribution in [1.29, 1.82) is 0 Å². The Hall–Kier alpha value is -2.07. The van der Waals surface area contributed by atoms with Crippen LogP contribution < -0.4 is 16.0 Å². The predicted molar refractivity (Wildman–Crippen MR) is 85.6 cm³/mol. The molecule has 1 heterocycles. The van der Waals surface area contributed by atoms with Gasteiger partial charge in [-0.1, -0.05) is 18.2 Å². The van der Waals surface area contributed by atoms with Gasteiger partial charge < -0.3 is 15.0 Å². The monoisotopic (exact) mass is 286 g/mol. The number of ether oxygens (including phenoxy) is 1. The van der Waals surface area contributed by atoms with Gasteiger partial charge in [-0.25, -0.2) is 0 Å². The van der Waals surface area contributed by atoms with Gasteiger partial charge >= 0.3 is 0 Å². The number of pyridine rings is 1. The summed E-state index contributed by atoms with van der Waals surface area (Å²) in [4.78, 5) is 12.5. The van der Waals surface area contributed by atoms with E-state index >= 15 is 0 Å². The first-order valence-corrected chi connectivity index (χ1v) is 7.26. The molecule has 0 fully saturated rings. The second-order valence-corrected chi connectivity index (χ2v) is 5.18. The zero-order chi connectivity index (χ0) is 15.4. The SMILES string of the molecule is CCOc1cccc(-c2ccc(CN)c(=O)n2C(C)C)c1. The zero-order valence-corrected chi connectivity index (χ0v) is 12.8. The Bertz CT molecular complexity index is 675. The fourth-order valence-corrected chi connectivity index (χ4v) is 2.41. The summed E-state index contributed by atoms with van der Waals surface area (Å²) in [5, 5.41) is 0. The molecular formula is C17H22N2O2. The Balaban J connectivity index is 2.61. The van der Waals surface area contributed by atoms with Gasteiger partial charge in [0.15, 0.2) is 0 Å². The fourth-order valence-electron chi connectivity index (χ4n) is 2.41. The number of benzene rings is 1. The Labute approximate surface area is 125 Å². The summed E-state index contributed by atoms with van der Waals surface area (Å²) in [5.41, 5.74) is 8.10. The van der Waals surface area contributed by atoms with Crippen molar-refractivity contribution in [2.24, 2.45) is 5.73 Å². The van der Waals surface area contributed by atoms with Crippen LogP contribution in [-0.4, -0.2) is 11.2 Å². The molecule has 2 N–H and O–H groups in total. The molecule has 0 saturated heterocycles. The molecule has 0 unspecified atom stereocenters. The maximum Gasteiger partial charge on any atom is 0.255 e. The highest BCUT2D eigenvalue weighted by Crippen LogP contribution is 2.25. The maximum absolute atomic E-state index is 12.5. The van der Waals surface area contributed by atoms with Crippen LogP contribution in [0.15, 0.2) is 41.2 Å². The van der Waals surface area contributed by atoms with Crippen molar-refractivity contribution in [1.82, 2.24) is 4.57 Å². The first kappa shape index (κ1) is 15.3. The van der Waals surface area contributed by atoms with E-state index in [0.29, 0.717) is 12.2 Å². The number of hydrogen-bond donors (Lipinski definition) is 1. The van der Waals surface area contributed by atoms with Crippen LogP contribution in [0.5, 0.6) is 5.75 Å². The van der Waals surface area contributed by atoms with Crippen LogP contribution in [0.1, 0.15) is 32.4 Å². The van der Waals surface area contributed by atoms with Crippen LogP contribution in [0.3, 0.4) is 0 Å². The normalized spacial score (nSPS) is 10.9. The third-order valence-corrected chi connectivity index (χ3v) is 3.37. The first-order valence-electron chi connectivity index (χ1n) is 7.26. The van der Waals surface area contributed by atoms with E-state index < -0.39 is 0 Å². The van der Waals surface area contributed by atoms with Gasteiger partial charge in [0.05, 0.1) is 12.3 Å². The second kappa shape index (κ2) is 6.59. The average molecular weight is 286 g/mol. The van der Waals surface area contributed by atoms with Gasteiger partial charge in [0.2, 0.25) is 0 Å². The summed E-state index contributed by atoms with van der Waals surface area (Å²) < 4.78 is 7.32. The number of aromatic nitrogens is 1. The molecule has 0 atom stereocenters. The lowest BCUT2D eigenvalue weighted by atomic mass is 10.1.